The Morgan fingerprint density at radius 2 is 2.21 bits per heavy atom. The van der Waals surface area contributed by atoms with Gasteiger partial charge in [-0.05, 0) is 37.6 Å². The molecule has 2 unspecified atom stereocenters. The molecule has 1 heterocycles. The largest absolute Gasteiger partial charge is 0.378 e. The van der Waals surface area contributed by atoms with Gasteiger partial charge in [0.25, 0.3) is 0 Å². The van der Waals surface area contributed by atoms with E-state index in [1.54, 1.807) is 0 Å². The third kappa shape index (κ3) is 3.97. The smallest absolute Gasteiger partial charge is 0.0618 e. The average molecular weight is 199 g/mol. The van der Waals surface area contributed by atoms with Crippen LogP contribution in [0.1, 0.15) is 40.0 Å². The van der Waals surface area contributed by atoms with Gasteiger partial charge in [-0.1, -0.05) is 20.8 Å². The van der Waals surface area contributed by atoms with Crippen LogP contribution in [0, 0.1) is 11.8 Å². The Balaban J connectivity index is 2.21. The van der Waals surface area contributed by atoms with Crippen molar-refractivity contribution in [1.29, 1.82) is 0 Å². The molecule has 0 bridgehead atoms. The van der Waals surface area contributed by atoms with Gasteiger partial charge in [0.05, 0.1) is 6.10 Å². The maximum atomic E-state index is 5.77. The first kappa shape index (κ1) is 12.0. The minimum atomic E-state index is 0.513. The van der Waals surface area contributed by atoms with Crippen LogP contribution in [0.3, 0.4) is 0 Å². The third-order valence-corrected chi connectivity index (χ3v) is 2.88. The summed E-state index contributed by atoms with van der Waals surface area (Å²) < 4.78 is 5.77. The van der Waals surface area contributed by atoms with Gasteiger partial charge in [-0.3, -0.25) is 0 Å². The highest BCUT2D eigenvalue weighted by Gasteiger charge is 2.27. The van der Waals surface area contributed by atoms with Gasteiger partial charge in [0.1, 0.15) is 0 Å². The summed E-state index contributed by atoms with van der Waals surface area (Å²) in [6.45, 7) is 10.0. The molecule has 84 valence electrons. The molecule has 0 aliphatic carbocycles. The van der Waals surface area contributed by atoms with E-state index in [1.807, 2.05) is 0 Å². The summed E-state index contributed by atoms with van der Waals surface area (Å²) in [6, 6.07) is 0. The molecule has 2 atom stereocenters. The van der Waals surface area contributed by atoms with Crippen LogP contribution in [-0.2, 0) is 4.74 Å². The Bertz CT molecular complexity index is 147. The van der Waals surface area contributed by atoms with Gasteiger partial charge in [-0.25, -0.2) is 0 Å². The minimum Gasteiger partial charge on any atom is -0.378 e. The van der Waals surface area contributed by atoms with Crippen molar-refractivity contribution in [2.75, 3.05) is 19.7 Å². The van der Waals surface area contributed by atoms with Gasteiger partial charge in [0.2, 0.25) is 0 Å². The summed E-state index contributed by atoms with van der Waals surface area (Å²) in [5.74, 6) is 1.51. The summed E-state index contributed by atoms with van der Waals surface area (Å²) >= 11 is 0. The lowest BCUT2D eigenvalue weighted by Crippen LogP contribution is -2.29. The topological polar surface area (TPSA) is 21.3 Å². The van der Waals surface area contributed by atoms with Crippen LogP contribution >= 0.6 is 0 Å². The first-order chi connectivity index (χ1) is 6.74. The third-order valence-electron chi connectivity index (χ3n) is 2.88. The van der Waals surface area contributed by atoms with E-state index in [0.29, 0.717) is 6.10 Å². The molecule has 0 aromatic rings. The lowest BCUT2D eigenvalue weighted by molar-refractivity contribution is 0.0731. The van der Waals surface area contributed by atoms with E-state index in [0.717, 1.165) is 31.5 Å². The number of hydrogen-bond acceptors (Lipinski definition) is 2. The van der Waals surface area contributed by atoms with Gasteiger partial charge in [-0.2, -0.15) is 0 Å². The predicted molar refractivity (Wildman–Crippen MR) is 60.5 cm³/mol. The lowest BCUT2D eigenvalue weighted by Gasteiger charge is -2.20. The molecule has 1 fully saturated rings. The number of hydrogen-bond donors (Lipinski definition) is 1. The van der Waals surface area contributed by atoms with E-state index in [4.69, 9.17) is 4.74 Å². The fraction of sp³-hybridized carbons (Fsp3) is 1.00. The second kappa shape index (κ2) is 6.41. The molecule has 1 rings (SSSR count). The lowest BCUT2D eigenvalue weighted by atomic mass is 9.94. The summed E-state index contributed by atoms with van der Waals surface area (Å²) in [5.41, 5.74) is 0. The van der Waals surface area contributed by atoms with Crippen LogP contribution in [0.2, 0.25) is 0 Å². The van der Waals surface area contributed by atoms with E-state index in [-0.39, 0.29) is 0 Å². The van der Waals surface area contributed by atoms with Gasteiger partial charge in [-0.15, -0.1) is 0 Å². The zero-order chi connectivity index (χ0) is 10.4. The number of ether oxygens (including phenoxy) is 1. The molecule has 0 spiro atoms. The molecule has 0 aromatic heterocycles. The van der Waals surface area contributed by atoms with Crippen LogP contribution in [-0.4, -0.2) is 25.8 Å². The SMILES string of the molecule is CCCNCC1CCOC1CC(C)C. The minimum absolute atomic E-state index is 0.513. The fourth-order valence-corrected chi connectivity index (χ4v) is 2.12. The second-order valence-electron chi connectivity index (χ2n) is 4.79. The Labute approximate surface area is 88.4 Å². The highest BCUT2D eigenvalue weighted by atomic mass is 16.5. The second-order valence-corrected chi connectivity index (χ2v) is 4.79. The Morgan fingerprint density at radius 3 is 2.86 bits per heavy atom. The van der Waals surface area contributed by atoms with Gasteiger partial charge in [0, 0.05) is 13.2 Å². The van der Waals surface area contributed by atoms with E-state index < -0.39 is 0 Å². The summed E-state index contributed by atoms with van der Waals surface area (Å²) in [5, 5.41) is 3.50. The maximum absolute atomic E-state index is 5.77. The fourth-order valence-electron chi connectivity index (χ4n) is 2.12. The number of rotatable bonds is 6. The molecule has 1 N–H and O–H groups in total. The Kier molecular flexibility index (Phi) is 5.49. The molecule has 0 saturated carbocycles. The first-order valence-electron chi connectivity index (χ1n) is 6.06. The van der Waals surface area contributed by atoms with E-state index in [1.165, 1.54) is 19.3 Å². The summed E-state index contributed by atoms with van der Waals surface area (Å²) in [4.78, 5) is 0. The molecule has 14 heavy (non-hydrogen) atoms. The van der Waals surface area contributed by atoms with Crippen LogP contribution < -0.4 is 5.32 Å². The normalized spacial score (nSPS) is 27.4. The van der Waals surface area contributed by atoms with Gasteiger partial charge < -0.3 is 10.1 Å². The summed E-state index contributed by atoms with van der Waals surface area (Å²) in [7, 11) is 0. The van der Waals surface area contributed by atoms with Crippen LogP contribution in [0.4, 0.5) is 0 Å². The molecule has 1 saturated heterocycles. The highest BCUT2D eigenvalue weighted by molar-refractivity contribution is 4.78. The first-order valence-corrected chi connectivity index (χ1v) is 6.06. The number of nitrogens with one attached hydrogen (secondary N) is 1. The Morgan fingerprint density at radius 1 is 1.43 bits per heavy atom. The van der Waals surface area contributed by atoms with Crippen molar-refractivity contribution < 1.29 is 4.74 Å². The molecular weight excluding hydrogens is 174 g/mol. The molecule has 2 heteroatoms. The van der Waals surface area contributed by atoms with Crippen LogP contribution in [0.5, 0.6) is 0 Å². The van der Waals surface area contributed by atoms with Crippen molar-refractivity contribution in [2.45, 2.75) is 46.1 Å². The van der Waals surface area contributed by atoms with Gasteiger partial charge in [0.15, 0.2) is 0 Å². The van der Waals surface area contributed by atoms with E-state index in [2.05, 4.69) is 26.1 Å². The van der Waals surface area contributed by atoms with E-state index >= 15 is 0 Å². The van der Waals surface area contributed by atoms with Crippen molar-refractivity contribution in [2.24, 2.45) is 11.8 Å². The Hall–Kier alpha value is -0.0800. The zero-order valence-electron chi connectivity index (χ0n) is 9.88. The van der Waals surface area contributed by atoms with Crippen LogP contribution in [0.25, 0.3) is 0 Å². The molecule has 1 aliphatic heterocycles. The average Bonchev–Trinajstić information content (AvgIpc) is 2.52. The molecule has 0 radical (unpaired) electrons. The molecule has 2 nitrogen and oxygen atoms in total. The molecule has 0 aromatic carbocycles. The van der Waals surface area contributed by atoms with Crippen LogP contribution in [0.15, 0.2) is 0 Å². The van der Waals surface area contributed by atoms with Crippen molar-refractivity contribution >= 4 is 0 Å². The quantitative estimate of drug-likeness (QED) is 0.663. The van der Waals surface area contributed by atoms with Crippen molar-refractivity contribution in [3.05, 3.63) is 0 Å². The highest BCUT2D eigenvalue weighted by Crippen LogP contribution is 2.25. The van der Waals surface area contributed by atoms with Crippen molar-refractivity contribution in [3.8, 4) is 0 Å². The maximum Gasteiger partial charge on any atom is 0.0618 e. The predicted octanol–water partition coefficient (Wildman–Crippen LogP) is 2.44. The van der Waals surface area contributed by atoms with Gasteiger partial charge >= 0.3 is 0 Å². The standard InChI is InChI=1S/C12H25NO/c1-4-6-13-9-11-5-7-14-12(11)8-10(2)3/h10-13H,4-9H2,1-3H3. The van der Waals surface area contributed by atoms with Crippen molar-refractivity contribution in [3.63, 3.8) is 0 Å². The monoisotopic (exact) mass is 199 g/mol. The molecular formula is C12H25NO. The molecule has 0 amide bonds. The van der Waals surface area contributed by atoms with E-state index in [9.17, 15) is 0 Å². The summed E-state index contributed by atoms with van der Waals surface area (Å²) in [6.07, 6.45) is 4.20. The molecule has 1 aliphatic rings. The zero-order valence-corrected chi connectivity index (χ0v) is 9.88. The van der Waals surface area contributed by atoms with Crippen molar-refractivity contribution in [1.82, 2.24) is 5.32 Å².